The standard InChI is InChI=1S/C18H26N2O/c19-13-18(11-14-5-1-2-6-15(14)12-18)20-9-10-21-17-8-4-3-7-16(17)20/h1-2,5-6,16-17H,3-4,7-13,19H2. The Balaban J connectivity index is 1.64. The summed E-state index contributed by atoms with van der Waals surface area (Å²) < 4.78 is 6.06. The van der Waals surface area contributed by atoms with Crippen molar-refractivity contribution < 1.29 is 4.74 Å². The molecule has 114 valence electrons. The molecule has 2 N–H and O–H groups in total. The number of rotatable bonds is 2. The maximum atomic E-state index is 6.32. The van der Waals surface area contributed by atoms with Gasteiger partial charge in [0.2, 0.25) is 0 Å². The lowest BCUT2D eigenvalue weighted by molar-refractivity contribution is -0.123. The lowest BCUT2D eigenvalue weighted by Gasteiger charge is -2.52. The van der Waals surface area contributed by atoms with Crippen LogP contribution < -0.4 is 5.73 Å². The van der Waals surface area contributed by atoms with Gasteiger partial charge in [0.15, 0.2) is 0 Å². The summed E-state index contributed by atoms with van der Waals surface area (Å²) >= 11 is 0. The summed E-state index contributed by atoms with van der Waals surface area (Å²) in [5.74, 6) is 0. The smallest absolute Gasteiger partial charge is 0.0731 e. The molecule has 2 fully saturated rings. The molecular weight excluding hydrogens is 260 g/mol. The molecule has 1 aliphatic heterocycles. The van der Waals surface area contributed by atoms with Gasteiger partial charge in [0, 0.05) is 24.7 Å². The highest BCUT2D eigenvalue weighted by molar-refractivity contribution is 5.37. The molecule has 0 bridgehead atoms. The average molecular weight is 286 g/mol. The van der Waals surface area contributed by atoms with E-state index in [-0.39, 0.29) is 5.54 Å². The zero-order chi connectivity index (χ0) is 14.3. The number of nitrogens with two attached hydrogens (primary N) is 1. The molecule has 3 nitrogen and oxygen atoms in total. The first-order valence-corrected chi connectivity index (χ1v) is 8.48. The molecule has 2 atom stereocenters. The lowest BCUT2D eigenvalue weighted by atomic mass is 9.84. The van der Waals surface area contributed by atoms with E-state index in [9.17, 15) is 0 Å². The monoisotopic (exact) mass is 286 g/mol. The van der Waals surface area contributed by atoms with Crippen LogP contribution in [0.5, 0.6) is 0 Å². The first-order chi connectivity index (χ1) is 10.3. The zero-order valence-corrected chi connectivity index (χ0v) is 12.8. The fraction of sp³-hybridized carbons (Fsp3) is 0.667. The van der Waals surface area contributed by atoms with Gasteiger partial charge in [0.1, 0.15) is 0 Å². The highest BCUT2D eigenvalue weighted by Crippen LogP contribution is 2.40. The third kappa shape index (κ3) is 2.23. The largest absolute Gasteiger partial charge is 0.375 e. The quantitative estimate of drug-likeness (QED) is 0.905. The Morgan fingerprint density at radius 1 is 1.14 bits per heavy atom. The van der Waals surface area contributed by atoms with Crippen LogP contribution in [0, 0.1) is 0 Å². The minimum absolute atomic E-state index is 0.133. The van der Waals surface area contributed by atoms with Crippen molar-refractivity contribution in [2.75, 3.05) is 19.7 Å². The van der Waals surface area contributed by atoms with E-state index in [1.807, 2.05) is 0 Å². The maximum absolute atomic E-state index is 6.32. The molecule has 21 heavy (non-hydrogen) atoms. The maximum Gasteiger partial charge on any atom is 0.0731 e. The molecule has 1 aromatic rings. The molecule has 3 aliphatic rings. The summed E-state index contributed by atoms with van der Waals surface area (Å²) in [4.78, 5) is 2.74. The predicted molar refractivity (Wildman–Crippen MR) is 84.3 cm³/mol. The van der Waals surface area contributed by atoms with Crippen LogP contribution in [0.3, 0.4) is 0 Å². The Morgan fingerprint density at radius 2 is 1.86 bits per heavy atom. The van der Waals surface area contributed by atoms with Crippen LogP contribution in [-0.2, 0) is 17.6 Å². The van der Waals surface area contributed by atoms with Crippen LogP contribution in [0.15, 0.2) is 24.3 Å². The van der Waals surface area contributed by atoms with Crippen molar-refractivity contribution in [3.05, 3.63) is 35.4 Å². The number of hydrogen-bond donors (Lipinski definition) is 1. The summed E-state index contributed by atoms with van der Waals surface area (Å²) in [6.45, 7) is 2.68. The van der Waals surface area contributed by atoms with Crippen LogP contribution in [0.1, 0.15) is 36.8 Å². The molecule has 1 saturated carbocycles. The summed E-state index contributed by atoms with van der Waals surface area (Å²) in [5.41, 5.74) is 9.45. The lowest BCUT2D eigenvalue weighted by Crippen LogP contribution is -2.65. The number of nitrogens with zero attached hydrogens (tertiary/aromatic N) is 1. The predicted octanol–water partition coefficient (Wildman–Crippen LogP) is 2.13. The molecular formula is C18H26N2O. The van der Waals surface area contributed by atoms with Crippen LogP contribution in [0.2, 0.25) is 0 Å². The van der Waals surface area contributed by atoms with Gasteiger partial charge in [0.25, 0.3) is 0 Å². The molecule has 3 heteroatoms. The Hall–Kier alpha value is -0.900. The molecule has 1 heterocycles. The number of hydrogen-bond acceptors (Lipinski definition) is 3. The number of fused-ring (bicyclic) bond motifs is 2. The van der Waals surface area contributed by atoms with E-state index >= 15 is 0 Å². The second kappa shape index (κ2) is 5.38. The van der Waals surface area contributed by atoms with Gasteiger partial charge in [-0.3, -0.25) is 4.90 Å². The fourth-order valence-electron chi connectivity index (χ4n) is 4.82. The molecule has 1 saturated heterocycles. The van der Waals surface area contributed by atoms with E-state index in [1.165, 1.54) is 36.8 Å². The van der Waals surface area contributed by atoms with E-state index in [2.05, 4.69) is 29.2 Å². The molecule has 0 aromatic heterocycles. The van der Waals surface area contributed by atoms with Gasteiger partial charge >= 0.3 is 0 Å². The van der Waals surface area contributed by atoms with E-state index in [0.29, 0.717) is 12.1 Å². The molecule has 1 aromatic carbocycles. The molecule has 2 unspecified atom stereocenters. The van der Waals surface area contributed by atoms with Gasteiger partial charge in [-0.25, -0.2) is 0 Å². The fourth-order valence-corrected chi connectivity index (χ4v) is 4.82. The van der Waals surface area contributed by atoms with Gasteiger partial charge in [-0.1, -0.05) is 37.1 Å². The summed E-state index contributed by atoms with van der Waals surface area (Å²) in [5, 5.41) is 0. The normalized spacial score (nSPS) is 31.7. The van der Waals surface area contributed by atoms with Crippen molar-refractivity contribution in [1.82, 2.24) is 4.90 Å². The highest BCUT2D eigenvalue weighted by Gasteiger charge is 2.47. The summed E-state index contributed by atoms with van der Waals surface area (Å²) in [6, 6.07) is 9.48. The van der Waals surface area contributed by atoms with Gasteiger partial charge in [-0.15, -0.1) is 0 Å². The van der Waals surface area contributed by atoms with E-state index in [1.54, 1.807) is 0 Å². The average Bonchev–Trinajstić information content (AvgIpc) is 2.94. The first-order valence-electron chi connectivity index (χ1n) is 8.48. The summed E-state index contributed by atoms with van der Waals surface area (Å²) in [6.07, 6.45) is 7.85. The highest BCUT2D eigenvalue weighted by atomic mass is 16.5. The minimum atomic E-state index is 0.133. The van der Waals surface area contributed by atoms with Crippen molar-refractivity contribution >= 4 is 0 Å². The van der Waals surface area contributed by atoms with Crippen LogP contribution >= 0.6 is 0 Å². The van der Waals surface area contributed by atoms with Crippen molar-refractivity contribution in [3.63, 3.8) is 0 Å². The first kappa shape index (κ1) is 13.7. The number of morpholine rings is 1. The molecule has 0 spiro atoms. The Bertz CT molecular complexity index is 489. The molecule has 2 aliphatic carbocycles. The van der Waals surface area contributed by atoms with Gasteiger partial charge in [0.05, 0.1) is 12.7 Å². The Morgan fingerprint density at radius 3 is 2.57 bits per heavy atom. The summed E-state index contributed by atoms with van der Waals surface area (Å²) in [7, 11) is 0. The van der Waals surface area contributed by atoms with Crippen molar-refractivity contribution in [1.29, 1.82) is 0 Å². The topological polar surface area (TPSA) is 38.5 Å². The van der Waals surface area contributed by atoms with E-state index in [4.69, 9.17) is 10.5 Å². The van der Waals surface area contributed by atoms with Crippen molar-refractivity contribution in [2.24, 2.45) is 5.73 Å². The molecule has 4 rings (SSSR count). The van der Waals surface area contributed by atoms with Crippen LogP contribution in [0.4, 0.5) is 0 Å². The Kier molecular flexibility index (Phi) is 3.52. The zero-order valence-electron chi connectivity index (χ0n) is 12.8. The van der Waals surface area contributed by atoms with Crippen molar-refractivity contribution in [3.8, 4) is 0 Å². The second-order valence-electron chi connectivity index (χ2n) is 7.01. The van der Waals surface area contributed by atoms with Gasteiger partial charge < -0.3 is 10.5 Å². The van der Waals surface area contributed by atoms with Crippen LogP contribution in [-0.4, -0.2) is 42.3 Å². The van der Waals surface area contributed by atoms with E-state index in [0.717, 1.165) is 32.5 Å². The van der Waals surface area contributed by atoms with Crippen molar-refractivity contribution in [2.45, 2.75) is 56.2 Å². The number of benzene rings is 1. The Labute approximate surface area is 127 Å². The SMILES string of the molecule is NCC1(N2CCOC3CCCCC32)Cc2ccccc2C1. The third-order valence-corrected chi connectivity index (χ3v) is 5.88. The van der Waals surface area contributed by atoms with Crippen LogP contribution in [0.25, 0.3) is 0 Å². The molecule has 0 amide bonds. The second-order valence-corrected chi connectivity index (χ2v) is 7.01. The molecule has 0 radical (unpaired) electrons. The van der Waals surface area contributed by atoms with E-state index < -0.39 is 0 Å². The van der Waals surface area contributed by atoms with Gasteiger partial charge in [-0.05, 0) is 36.8 Å². The van der Waals surface area contributed by atoms with Gasteiger partial charge in [-0.2, -0.15) is 0 Å². The third-order valence-electron chi connectivity index (χ3n) is 5.88. The number of ether oxygens (including phenoxy) is 1. The minimum Gasteiger partial charge on any atom is -0.375 e.